The summed E-state index contributed by atoms with van der Waals surface area (Å²) in [5, 5.41) is 5.49. The summed E-state index contributed by atoms with van der Waals surface area (Å²) in [4.78, 5) is 14.8. The number of hydrogen-bond donors (Lipinski definition) is 1. The molecule has 1 heterocycles. The fourth-order valence-electron chi connectivity index (χ4n) is 1.93. The Morgan fingerprint density at radius 1 is 1.35 bits per heavy atom. The van der Waals surface area contributed by atoms with E-state index < -0.39 is 0 Å². The molecule has 0 spiro atoms. The number of carbonyl (C=O) groups is 1. The Balaban J connectivity index is 2.16. The molecule has 2 aromatic rings. The van der Waals surface area contributed by atoms with E-state index >= 15 is 0 Å². The quantitative estimate of drug-likeness (QED) is 0.884. The summed E-state index contributed by atoms with van der Waals surface area (Å²) in [6, 6.07) is 9.83. The van der Waals surface area contributed by atoms with Crippen LogP contribution in [0.1, 0.15) is 28.2 Å². The third-order valence-corrected chi connectivity index (χ3v) is 4.99. The molecule has 0 aliphatic carbocycles. The Kier molecular flexibility index (Phi) is 4.83. The zero-order chi connectivity index (χ0) is 14.7. The lowest BCUT2D eigenvalue weighted by molar-refractivity contribution is 0.0827. The van der Waals surface area contributed by atoms with Crippen molar-refractivity contribution in [2.24, 2.45) is 0 Å². The Morgan fingerprint density at radius 3 is 2.70 bits per heavy atom. The third-order valence-electron chi connectivity index (χ3n) is 2.94. The molecule has 1 atom stereocenters. The van der Waals surface area contributed by atoms with E-state index in [-0.39, 0.29) is 11.9 Å². The highest BCUT2D eigenvalue weighted by molar-refractivity contribution is 9.10. The molecular weight excluding hydrogens is 336 g/mol. The molecule has 1 aromatic heterocycles. The van der Waals surface area contributed by atoms with Crippen LogP contribution < -0.4 is 5.32 Å². The molecule has 1 aromatic carbocycles. The lowest BCUT2D eigenvalue weighted by atomic mass is 10.1. The van der Waals surface area contributed by atoms with Gasteiger partial charge in [-0.3, -0.25) is 4.79 Å². The smallest absolute Gasteiger partial charge is 0.253 e. The van der Waals surface area contributed by atoms with Crippen molar-refractivity contribution in [3.8, 4) is 0 Å². The first-order chi connectivity index (χ1) is 9.49. The fourth-order valence-corrected chi connectivity index (χ4v) is 3.66. The van der Waals surface area contributed by atoms with E-state index in [1.807, 2.05) is 30.3 Å². The monoisotopic (exact) mass is 352 g/mol. The van der Waals surface area contributed by atoms with Gasteiger partial charge in [0.15, 0.2) is 0 Å². The van der Waals surface area contributed by atoms with Crippen LogP contribution in [0.4, 0.5) is 5.69 Å². The van der Waals surface area contributed by atoms with Gasteiger partial charge in [0.25, 0.3) is 5.91 Å². The van der Waals surface area contributed by atoms with Crippen molar-refractivity contribution in [1.29, 1.82) is 0 Å². The third kappa shape index (κ3) is 3.41. The normalized spacial score (nSPS) is 12.0. The van der Waals surface area contributed by atoms with E-state index in [1.165, 1.54) is 4.88 Å². The highest BCUT2D eigenvalue weighted by Gasteiger charge is 2.12. The number of benzene rings is 1. The van der Waals surface area contributed by atoms with Gasteiger partial charge in [-0.1, -0.05) is 6.07 Å². The van der Waals surface area contributed by atoms with Crippen molar-refractivity contribution < 1.29 is 4.79 Å². The van der Waals surface area contributed by atoms with Crippen LogP contribution in [0.25, 0.3) is 0 Å². The average Bonchev–Trinajstić information content (AvgIpc) is 2.84. The number of halogens is 1. The maximum Gasteiger partial charge on any atom is 0.253 e. The van der Waals surface area contributed by atoms with E-state index in [2.05, 4.69) is 33.6 Å². The minimum atomic E-state index is 0.0126. The minimum Gasteiger partial charge on any atom is -0.378 e. The Labute approximate surface area is 131 Å². The summed E-state index contributed by atoms with van der Waals surface area (Å²) in [7, 11) is 3.52. The average molecular weight is 353 g/mol. The highest BCUT2D eigenvalue weighted by Crippen LogP contribution is 2.31. The summed E-state index contributed by atoms with van der Waals surface area (Å²) in [5.74, 6) is 0.0126. The molecular formula is C15H17BrN2OS. The van der Waals surface area contributed by atoms with Gasteiger partial charge in [-0.05, 0) is 52.5 Å². The van der Waals surface area contributed by atoms with Crippen LogP contribution in [0.3, 0.4) is 0 Å². The van der Waals surface area contributed by atoms with Crippen molar-refractivity contribution in [1.82, 2.24) is 4.90 Å². The number of thiophene rings is 1. The van der Waals surface area contributed by atoms with Gasteiger partial charge >= 0.3 is 0 Å². The fraction of sp³-hybridized carbons (Fsp3) is 0.267. The van der Waals surface area contributed by atoms with Crippen LogP contribution in [0.2, 0.25) is 0 Å². The number of nitrogens with one attached hydrogen (secondary N) is 1. The predicted molar refractivity (Wildman–Crippen MR) is 88.5 cm³/mol. The molecule has 1 unspecified atom stereocenters. The second-order valence-electron chi connectivity index (χ2n) is 4.78. The van der Waals surface area contributed by atoms with Crippen LogP contribution >= 0.6 is 27.3 Å². The number of anilines is 1. The van der Waals surface area contributed by atoms with Crippen molar-refractivity contribution in [2.45, 2.75) is 13.0 Å². The Morgan fingerprint density at radius 2 is 2.10 bits per heavy atom. The highest BCUT2D eigenvalue weighted by atomic mass is 79.9. The Bertz CT molecular complexity index is 609. The maximum absolute atomic E-state index is 12.0. The SMILES string of the molecule is CC(Nc1cccc(C(=O)N(C)C)c1)c1sccc1Br. The number of rotatable bonds is 4. The van der Waals surface area contributed by atoms with Gasteiger partial charge in [-0.25, -0.2) is 0 Å². The van der Waals surface area contributed by atoms with Crippen LogP contribution in [-0.2, 0) is 0 Å². The summed E-state index contributed by atoms with van der Waals surface area (Å²) in [5.41, 5.74) is 1.64. The first-order valence-corrected chi connectivity index (χ1v) is 7.97. The molecule has 0 saturated heterocycles. The second kappa shape index (κ2) is 6.41. The van der Waals surface area contributed by atoms with E-state index in [9.17, 15) is 4.79 Å². The molecule has 0 saturated carbocycles. The van der Waals surface area contributed by atoms with Gasteiger partial charge in [0, 0.05) is 34.7 Å². The van der Waals surface area contributed by atoms with Crippen molar-refractivity contribution in [3.63, 3.8) is 0 Å². The van der Waals surface area contributed by atoms with E-state index in [0.717, 1.165) is 10.2 Å². The van der Waals surface area contributed by atoms with Gasteiger partial charge in [0.1, 0.15) is 0 Å². The van der Waals surface area contributed by atoms with Crippen molar-refractivity contribution >= 4 is 38.9 Å². The first kappa shape index (κ1) is 15.1. The largest absolute Gasteiger partial charge is 0.378 e. The molecule has 1 N–H and O–H groups in total. The predicted octanol–water partition coefficient (Wildman–Crippen LogP) is 4.39. The molecule has 0 fully saturated rings. The first-order valence-electron chi connectivity index (χ1n) is 6.30. The molecule has 5 heteroatoms. The van der Waals surface area contributed by atoms with Crippen LogP contribution in [0.5, 0.6) is 0 Å². The molecule has 0 aliphatic heterocycles. The number of hydrogen-bond acceptors (Lipinski definition) is 3. The van der Waals surface area contributed by atoms with Gasteiger partial charge in [0.2, 0.25) is 0 Å². The number of amides is 1. The van der Waals surface area contributed by atoms with E-state index in [0.29, 0.717) is 5.56 Å². The van der Waals surface area contributed by atoms with E-state index in [1.54, 1.807) is 30.3 Å². The van der Waals surface area contributed by atoms with Crippen molar-refractivity contribution in [3.05, 3.63) is 50.6 Å². The molecule has 106 valence electrons. The Hall–Kier alpha value is -1.33. The maximum atomic E-state index is 12.0. The molecule has 3 nitrogen and oxygen atoms in total. The summed E-state index contributed by atoms with van der Waals surface area (Å²) >= 11 is 5.25. The molecule has 0 bridgehead atoms. The number of carbonyl (C=O) groups excluding carboxylic acids is 1. The number of nitrogens with zero attached hydrogens (tertiary/aromatic N) is 1. The molecule has 1 amide bonds. The zero-order valence-corrected chi connectivity index (χ0v) is 14.1. The summed E-state index contributed by atoms with van der Waals surface area (Å²) < 4.78 is 1.11. The zero-order valence-electron chi connectivity index (χ0n) is 11.7. The molecule has 20 heavy (non-hydrogen) atoms. The molecule has 0 aliphatic rings. The van der Waals surface area contributed by atoms with E-state index in [4.69, 9.17) is 0 Å². The lowest BCUT2D eigenvalue weighted by Crippen LogP contribution is -2.21. The van der Waals surface area contributed by atoms with Crippen LogP contribution in [0, 0.1) is 0 Å². The van der Waals surface area contributed by atoms with Crippen molar-refractivity contribution in [2.75, 3.05) is 19.4 Å². The topological polar surface area (TPSA) is 32.3 Å². The standard InChI is InChI=1S/C15H17BrN2OS/c1-10(14-13(16)7-8-20-14)17-12-6-4-5-11(9-12)15(19)18(2)3/h4-10,17H,1-3H3. The molecule has 2 rings (SSSR count). The van der Waals surface area contributed by atoms with Gasteiger partial charge in [-0.15, -0.1) is 11.3 Å². The van der Waals surface area contributed by atoms with Gasteiger partial charge in [-0.2, -0.15) is 0 Å². The van der Waals surface area contributed by atoms with Gasteiger partial charge < -0.3 is 10.2 Å². The van der Waals surface area contributed by atoms with Crippen LogP contribution in [-0.4, -0.2) is 24.9 Å². The molecule has 0 radical (unpaired) electrons. The summed E-state index contributed by atoms with van der Waals surface area (Å²) in [6.07, 6.45) is 0. The second-order valence-corrected chi connectivity index (χ2v) is 6.58. The van der Waals surface area contributed by atoms with Crippen LogP contribution in [0.15, 0.2) is 40.2 Å². The van der Waals surface area contributed by atoms with Gasteiger partial charge in [0.05, 0.1) is 6.04 Å². The lowest BCUT2D eigenvalue weighted by Gasteiger charge is -2.16. The minimum absolute atomic E-state index is 0.0126. The summed E-state index contributed by atoms with van der Waals surface area (Å²) in [6.45, 7) is 2.11.